The lowest BCUT2D eigenvalue weighted by molar-refractivity contribution is -0.122. The van der Waals surface area contributed by atoms with Gasteiger partial charge in [0.15, 0.2) is 0 Å². The zero-order chi connectivity index (χ0) is 13.5. The number of nitrogens with one attached hydrogen (secondary N) is 1. The van der Waals surface area contributed by atoms with Crippen LogP contribution in [-0.4, -0.2) is 10.9 Å². The molecule has 1 atom stereocenters. The van der Waals surface area contributed by atoms with E-state index in [4.69, 9.17) is 0 Å². The molecule has 3 heteroatoms. The van der Waals surface area contributed by atoms with E-state index >= 15 is 0 Å². The minimum Gasteiger partial charge on any atom is -0.348 e. The van der Waals surface area contributed by atoms with Gasteiger partial charge in [-0.2, -0.15) is 0 Å². The van der Waals surface area contributed by atoms with E-state index in [1.165, 1.54) is 32.1 Å². The molecule has 1 N–H and O–H groups in total. The maximum absolute atomic E-state index is 11.9. The third-order valence-corrected chi connectivity index (χ3v) is 4.01. The van der Waals surface area contributed by atoms with Gasteiger partial charge < -0.3 is 5.32 Å². The Balaban J connectivity index is 1.71. The molecule has 1 fully saturated rings. The van der Waals surface area contributed by atoms with Crippen LogP contribution < -0.4 is 5.32 Å². The van der Waals surface area contributed by atoms with Gasteiger partial charge >= 0.3 is 0 Å². The zero-order valence-electron chi connectivity index (χ0n) is 11.8. The number of carbonyl (C=O) groups excluding carboxylic acids is 1. The zero-order valence-corrected chi connectivity index (χ0v) is 11.8. The van der Waals surface area contributed by atoms with E-state index in [-0.39, 0.29) is 11.9 Å². The minimum atomic E-state index is 0.0000517. The fourth-order valence-corrected chi connectivity index (χ4v) is 2.83. The summed E-state index contributed by atoms with van der Waals surface area (Å²) in [6.45, 7) is 1.99. The molecule has 104 valence electrons. The van der Waals surface area contributed by atoms with E-state index in [2.05, 4.69) is 10.3 Å². The van der Waals surface area contributed by atoms with Gasteiger partial charge in [-0.15, -0.1) is 0 Å². The molecule has 0 radical (unpaired) electrons. The molecule has 19 heavy (non-hydrogen) atoms. The Morgan fingerprint density at radius 1 is 1.37 bits per heavy atom. The van der Waals surface area contributed by atoms with E-state index in [0.717, 1.165) is 18.0 Å². The number of pyridine rings is 1. The van der Waals surface area contributed by atoms with Crippen LogP contribution in [-0.2, 0) is 4.79 Å². The SMILES string of the molecule is C[C@@H](NC(=O)CCC1CCCCC1)c1ccccn1. The average Bonchev–Trinajstić information content (AvgIpc) is 2.47. The number of aromatic nitrogens is 1. The first-order valence-electron chi connectivity index (χ1n) is 7.46. The molecule has 0 bridgehead atoms. The second-order valence-corrected chi connectivity index (χ2v) is 5.59. The van der Waals surface area contributed by atoms with Crippen LogP contribution in [0.4, 0.5) is 0 Å². The first kappa shape index (κ1) is 14.0. The van der Waals surface area contributed by atoms with E-state index < -0.39 is 0 Å². The molecule has 3 nitrogen and oxygen atoms in total. The Morgan fingerprint density at radius 2 is 2.16 bits per heavy atom. The van der Waals surface area contributed by atoms with Crippen molar-refractivity contribution < 1.29 is 4.79 Å². The predicted octanol–water partition coefficient (Wildman–Crippen LogP) is 3.62. The normalized spacial score (nSPS) is 17.9. The van der Waals surface area contributed by atoms with Gasteiger partial charge in [0.1, 0.15) is 0 Å². The molecule has 1 aromatic rings. The van der Waals surface area contributed by atoms with Crippen LogP contribution in [0.5, 0.6) is 0 Å². The van der Waals surface area contributed by atoms with Crippen molar-refractivity contribution in [2.45, 2.75) is 57.9 Å². The lowest BCUT2D eigenvalue weighted by Gasteiger charge is -2.21. The van der Waals surface area contributed by atoms with Crippen molar-refractivity contribution in [3.63, 3.8) is 0 Å². The van der Waals surface area contributed by atoms with Gasteiger partial charge in [-0.25, -0.2) is 0 Å². The summed E-state index contributed by atoms with van der Waals surface area (Å²) >= 11 is 0. The molecule has 1 aromatic heterocycles. The number of amides is 1. The predicted molar refractivity (Wildman–Crippen MR) is 76.6 cm³/mol. The largest absolute Gasteiger partial charge is 0.348 e. The molecule has 1 aliphatic carbocycles. The average molecular weight is 260 g/mol. The van der Waals surface area contributed by atoms with Gasteiger partial charge in [0, 0.05) is 12.6 Å². The highest BCUT2D eigenvalue weighted by molar-refractivity contribution is 5.76. The van der Waals surface area contributed by atoms with E-state index in [9.17, 15) is 4.79 Å². The summed E-state index contributed by atoms with van der Waals surface area (Å²) in [6.07, 6.45) is 10.1. The van der Waals surface area contributed by atoms with Gasteiger partial charge in [0.25, 0.3) is 0 Å². The van der Waals surface area contributed by atoms with E-state index in [1.54, 1.807) is 6.20 Å². The highest BCUT2D eigenvalue weighted by Crippen LogP contribution is 2.27. The topological polar surface area (TPSA) is 42.0 Å². The van der Waals surface area contributed by atoms with Crippen molar-refractivity contribution >= 4 is 5.91 Å². The number of hydrogen-bond donors (Lipinski definition) is 1. The third kappa shape index (κ3) is 4.66. The Morgan fingerprint density at radius 3 is 2.84 bits per heavy atom. The highest BCUT2D eigenvalue weighted by Gasteiger charge is 2.16. The molecule has 1 heterocycles. The highest BCUT2D eigenvalue weighted by atomic mass is 16.1. The molecule has 0 spiro atoms. The van der Waals surface area contributed by atoms with Crippen molar-refractivity contribution in [2.24, 2.45) is 5.92 Å². The van der Waals surface area contributed by atoms with Crippen molar-refractivity contribution in [1.82, 2.24) is 10.3 Å². The molecule has 1 amide bonds. The summed E-state index contributed by atoms with van der Waals surface area (Å²) in [7, 11) is 0. The molecule has 0 aromatic carbocycles. The fourth-order valence-electron chi connectivity index (χ4n) is 2.83. The number of rotatable bonds is 5. The Bertz CT molecular complexity index is 385. The second-order valence-electron chi connectivity index (χ2n) is 5.59. The number of carbonyl (C=O) groups is 1. The molecule has 2 rings (SSSR count). The maximum atomic E-state index is 11.9. The van der Waals surface area contributed by atoms with Crippen LogP contribution in [0.3, 0.4) is 0 Å². The van der Waals surface area contributed by atoms with Gasteiger partial charge in [-0.3, -0.25) is 9.78 Å². The quantitative estimate of drug-likeness (QED) is 0.878. The van der Waals surface area contributed by atoms with Crippen LogP contribution in [0.2, 0.25) is 0 Å². The Kier molecular flexibility index (Phi) is 5.37. The summed E-state index contributed by atoms with van der Waals surface area (Å²) < 4.78 is 0. The van der Waals surface area contributed by atoms with Gasteiger partial charge in [-0.1, -0.05) is 38.2 Å². The summed E-state index contributed by atoms with van der Waals surface area (Å²) in [5, 5.41) is 3.03. The molecular weight excluding hydrogens is 236 g/mol. The molecule has 1 saturated carbocycles. The lowest BCUT2D eigenvalue weighted by atomic mass is 9.86. The monoisotopic (exact) mass is 260 g/mol. The summed E-state index contributed by atoms with van der Waals surface area (Å²) in [6, 6.07) is 5.79. The van der Waals surface area contributed by atoms with Crippen molar-refractivity contribution in [1.29, 1.82) is 0 Å². The molecular formula is C16H24N2O. The van der Waals surface area contributed by atoms with Gasteiger partial charge in [0.05, 0.1) is 11.7 Å². The minimum absolute atomic E-state index is 0.0000517. The van der Waals surface area contributed by atoms with Gasteiger partial charge in [0.2, 0.25) is 5.91 Å². The molecule has 0 saturated heterocycles. The third-order valence-electron chi connectivity index (χ3n) is 4.01. The summed E-state index contributed by atoms with van der Waals surface area (Å²) in [5.41, 5.74) is 0.925. The van der Waals surface area contributed by atoms with Crippen molar-refractivity contribution in [2.75, 3.05) is 0 Å². The van der Waals surface area contributed by atoms with Crippen LogP contribution in [0.1, 0.15) is 63.6 Å². The first-order valence-corrected chi connectivity index (χ1v) is 7.46. The standard InChI is InChI=1S/C16H24N2O/c1-13(15-9-5-6-12-17-15)18-16(19)11-10-14-7-3-2-4-8-14/h5-6,9,12-14H,2-4,7-8,10-11H2,1H3,(H,18,19)/t13-/m1/s1. The maximum Gasteiger partial charge on any atom is 0.220 e. The Hall–Kier alpha value is -1.38. The van der Waals surface area contributed by atoms with E-state index in [0.29, 0.717) is 6.42 Å². The summed E-state index contributed by atoms with van der Waals surface area (Å²) in [4.78, 5) is 16.2. The second kappa shape index (κ2) is 7.27. The van der Waals surface area contributed by atoms with E-state index in [1.807, 2.05) is 25.1 Å². The van der Waals surface area contributed by atoms with Crippen molar-refractivity contribution in [3.8, 4) is 0 Å². The van der Waals surface area contributed by atoms with Crippen LogP contribution in [0.15, 0.2) is 24.4 Å². The Labute approximate surface area is 115 Å². The van der Waals surface area contributed by atoms with Crippen molar-refractivity contribution in [3.05, 3.63) is 30.1 Å². The smallest absolute Gasteiger partial charge is 0.220 e. The van der Waals surface area contributed by atoms with Crippen LogP contribution in [0.25, 0.3) is 0 Å². The van der Waals surface area contributed by atoms with Crippen LogP contribution in [0, 0.1) is 5.92 Å². The first-order chi connectivity index (χ1) is 9.25. The molecule has 0 aliphatic heterocycles. The summed E-state index contributed by atoms with van der Waals surface area (Å²) in [5.74, 6) is 0.924. The molecule has 0 unspecified atom stereocenters. The number of hydrogen-bond acceptors (Lipinski definition) is 2. The van der Waals surface area contributed by atoms with Crippen LogP contribution >= 0.6 is 0 Å². The van der Waals surface area contributed by atoms with Gasteiger partial charge in [-0.05, 0) is 31.4 Å². The lowest BCUT2D eigenvalue weighted by Crippen LogP contribution is -2.27. The fraction of sp³-hybridized carbons (Fsp3) is 0.625. The molecule has 1 aliphatic rings. The number of nitrogens with zero attached hydrogens (tertiary/aromatic N) is 1.